The molecule has 0 aliphatic heterocycles. The second-order valence-corrected chi connectivity index (χ2v) is 8.89. The van der Waals surface area contributed by atoms with Gasteiger partial charge in [0, 0.05) is 33.5 Å². The van der Waals surface area contributed by atoms with Crippen molar-refractivity contribution < 1.29 is 0 Å². The Kier molecular flexibility index (Phi) is 14.3. The van der Waals surface area contributed by atoms with Gasteiger partial charge < -0.3 is 0 Å². The van der Waals surface area contributed by atoms with Crippen molar-refractivity contribution in [3.63, 3.8) is 0 Å². The summed E-state index contributed by atoms with van der Waals surface area (Å²) in [7, 11) is 3.76. The summed E-state index contributed by atoms with van der Waals surface area (Å²) in [4.78, 5) is 0. The van der Waals surface area contributed by atoms with Gasteiger partial charge in [0.1, 0.15) is 0 Å². The van der Waals surface area contributed by atoms with Crippen LogP contribution in [0, 0.1) is 0 Å². The molecule has 0 saturated heterocycles. The molecular weight excluding hydrogens is 313 g/mol. The zero-order valence-corrected chi connectivity index (χ0v) is 14.1. The predicted molar refractivity (Wildman–Crippen MR) is 95.8 cm³/mol. The largest absolute Gasteiger partial charge is 0.174 e. The van der Waals surface area contributed by atoms with Crippen molar-refractivity contribution in [2.75, 3.05) is 23.0 Å². The van der Waals surface area contributed by atoms with E-state index >= 15 is 0 Å². The molecule has 0 heterocycles. The number of hydrogen-bond donors (Lipinski definition) is 2. The van der Waals surface area contributed by atoms with Crippen molar-refractivity contribution in [3.8, 4) is 0 Å². The maximum absolute atomic E-state index is 4.51. The molecule has 0 aliphatic rings. The smallest absolute Gasteiger partial charge is 0.0210 e. The highest BCUT2D eigenvalue weighted by atomic mass is 33.1. The number of hydrogen-bond acceptors (Lipinski definition) is 6. The zero-order chi connectivity index (χ0) is 12.2. The van der Waals surface area contributed by atoms with Crippen molar-refractivity contribution >= 4 is 70.4 Å². The van der Waals surface area contributed by atoms with Crippen molar-refractivity contribution in [3.05, 3.63) is 24.0 Å². The van der Waals surface area contributed by atoms with Gasteiger partial charge in [-0.3, -0.25) is 0 Å². The van der Waals surface area contributed by atoms with E-state index in [1.54, 1.807) is 23.5 Å². The minimum atomic E-state index is 0.446. The molecule has 0 spiro atoms. The standard InChI is InChI=1S/C10H18S6/c1-3-13-5-9(11)7-15-16-8-10(12)6-14-4-2/h3-4,9-12H,1-2,5-8H2. The SMILES string of the molecule is C=CSCC(S)CSSCC(S)CSC=C. The fourth-order valence-electron chi connectivity index (χ4n) is 0.708. The van der Waals surface area contributed by atoms with E-state index in [1.165, 1.54) is 0 Å². The van der Waals surface area contributed by atoms with Gasteiger partial charge in [0.15, 0.2) is 0 Å². The van der Waals surface area contributed by atoms with E-state index in [9.17, 15) is 0 Å². The van der Waals surface area contributed by atoms with Crippen molar-refractivity contribution in [2.45, 2.75) is 10.5 Å². The average Bonchev–Trinajstić information content (AvgIpc) is 2.29. The van der Waals surface area contributed by atoms with E-state index in [2.05, 4.69) is 38.4 Å². The van der Waals surface area contributed by atoms with Gasteiger partial charge in [-0.25, -0.2) is 0 Å². The molecule has 0 aromatic heterocycles. The topological polar surface area (TPSA) is 0 Å². The van der Waals surface area contributed by atoms with Gasteiger partial charge >= 0.3 is 0 Å². The lowest BCUT2D eigenvalue weighted by atomic mass is 10.5. The van der Waals surface area contributed by atoms with E-state index in [0.29, 0.717) is 10.5 Å². The van der Waals surface area contributed by atoms with Gasteiger partial charge in [-0.05, 0) is 10.8 Å². The van der Waals surface area contributed by atoms with E-state index in [4.69, 9.17) is 0 Å². The molecule has 94 valence electrons. The summed E-state index contributed by atoms with van der Waals surface area (Å²) in [6, 6.07) is 0. The highest BCUT2D eigenvalue weighted by Crippen LogP contribution is 2.27. The first-order valence-electron chi connectivity index (χ1n) is 4.76. The van der Waals surface area contributed by atoms with Crippen LogP contribution in [0.1, 0.15) is 0 Å². The van der Waals surface area contributed by atoms with Crippen LogP contribution >= 0.6 is 70.4 Å². The molecule has 0 aromatic carbocycles. The average molecular weight is 331 g/mol. The Morgan fingerprint density at radius 1 is 0.812 bits per heavy atom. The maximum atomic E-state index is 4.51. The van der Waals surface area contributed by atoms with Crippen LogP contribution in [0.2, 0.25) is 0 Å². The zero-order valence-electron chi connectivity index (χ0n) is 9.08. The Hall–Kier alpha value is 1.58. The second-order valence-electron chi connectivity index (χ2n) is 2.88. The Morgan fingerprint density at radius 3 is 1.50 bits per heavy atom. The molecule has 16 heavy (non-hydrogen) atoms. The Labute approximate surface area is 127 Å². The molecule has 0 bridgehead atoms. The first-order valence-corrected chi connectivity index (χ1v) is 10.4. The Bertz CT molecular complexity index is 164. The molecule has 0 fully saturated rings. The summed E-state index contributed by atoms with van der Waals surface area (Å²) >= 11 is 12.5. The summed E-state index contributed by atoms with van der Waals surface area (Å²) in [6.45, 7) is 7.35. The fraction of sp³-hybridized carbons (Fsp3) is 0.600. The minimum Gasteiger partial charge on any atom is -0.174 e. The summed E-state index contributed by atoms with van der Waals surface area (Å²) in [5.41, 5.74) is 0. The van der Waals surface area contributed by atoms with Crippen LogP contribution in [0.3, 0.4) is 0 Å². The highest BCUT2D eigenvalue weighted by Gasteiger charge is 2.05. The van der Waals surface area contributed by atoms with Crippen LogP contribution in [0.15, 0.2) is 24.0 Å². The van der Waals surface area contributed by atoms with E-state index in [1.807, 2.05) is 32.4 Å². The third kappa shape index (κ3) is 12.0. The van der Waals surface area contributed by atoms with Gasteiger partial charge in [-0.15, -0.1) is 23.5 Å². The van der Waals surface area contributed by atoms with Gasteiger partial charge in [-0.2, -0.15) is 25.3 Å². The van der Waals surface area contributed by atoms with Gasteiger partial charge in [0.2, 0.25) is 0 Å². The molecule has 0 rings (SSSR count). The monoisotopic (exact) mass is 330 g/mol. The van der Waals surface area contributed by atoms with Crippen LogP contribution in [0.5, 0.6) is 0 Å². The first kappa shape index (κ1) is 17.6. The van der Waals surface area contributed by atoms with Crippen LogP contribution in [0.25, 0.3) is 0 Å². The highest BCUT2D eigenvalue weighted by molar-refractivity contribution is 8.76. The second kappa shape index (κ2) is 13.0. The molecule has 0 radical (unpaired) electrons. The van der Waals surface area contributed by atoms with Gasteiger partial charge in [-0.1, -0.05) is 34.7 Å². The third-order valence-corrected chi connectivity index (χ3v) is 7.36. The number of thioether (sulfide) groups is 2. The quantitative estimate of drug-likeness (QED) is 0.319. The Morgan fingerprint density at radius 2 is 1.19 bits per heavy atom. The molecular formula is C10H18S6. The normalized spacial score (nSPS) is 14.4. The minimum absolute atomic E-state index is 0.446. The maximum Gasteiger partial charge on any atom is 0.0210 e. The lowest BCUT2D eigenvalue weighted by molar-refractivity contribution is 1.16. The van der Waals surface area contributed by atoms with Crippen LogP contribution in [-0.2, 0) is 0 Å². The van der Waals surface area contributed by atoms with E-state index in [0.717, 1.165) is 23.0 Å². The van der Waals surface area contributed by atoms with E-state index < -0.39 is 0 Å². The lowest BCUT2D eigenvalue weighted by Gasteiger charge is -2.10. The molecule has 6 heteroatoms. The predicted octanol–water partition coefficient (Wildman–Crippen LogP) is 4.72. The van der Waals surface area contributed by atoms with Gasteiger partial charge in [0.05, 0.1) is 0 Å². The third-order valence-electron chi connectivity index (χ3n) is 1.42. The molecule has 0 amide bonds. The fourth-order valence-corrected chi connectivity index (χ4v) is 5.83. The summed E-state index contributed by atoms with van der Waals surface area (Å²) < 4.78 is 0. The van der Waals surface area contributed by atoms with Crippen molar-refractivity contribution in [2.24, 2.45) is 0 Å². The molecule has 2 atom stereocenters. The van der Waals surface area contributed by atoms with Crippen molar-refractivity contribution in [1.29, 1.82) is 0 Å². The van der Waals surface area contributed by atoms with Crippen LogP contribution in [-0.4, -0.2) is 33.5 Å². The summed E-state index contributed by atoms with van der Waals surface area (Å²) in [5.74, 6) is 4.22. The molecule has 0 nitrogen and oxygen atoms in total. The van der Waals surface area contributed by atoms with Crippen LogP contribution in [0.4, 0.5) is 0 Å². The first-order chi connectivity index (χ1) is 7.70. The molecule has 0 saturated carbocycles. The molecule has 2 unspecified atom stereocenters. The number of rotatable bonds is 11. The van der Waals surface area contributed by atoms with E-state index in [-0.39, 0.29) is 0 Å². The molecule has 0 aliphatic carbocycles. The summed E-state index contributed by atoms with van der Waals surface area (Å²) in [6.07, 6.45) is 0. The molecule has 0 N–H and O–H groups in total. The number of thiol groups is 2. The lowest BCUT2D eigenvalue weighted by Crippen LogP contribution is -2.06. The summed E-state index contributed by atoms with van der Waals surface area (Å²) in [5, 5.41) is 4.64. The van der Waals surface area contributed by atoms with Gasteiger partial charge in [0.25, 0.3) is 0 Å². The van der Waals surface area contributed by atoms with Crippen molar-refractivity contribution in [1.82, 2.24) is 0 Å². The Balaban J connectivity index is 3.30. The van der Waals surface area contributed by atoms with Crippen LogP contribution < -0.4 is 0 Å². The molecule has 0 aromatic rings.